The van der Waals surface area contributed by atoms with Crippen molar-refractivity contribution in [2.75, 3.05) is 31.6 Å². The second kappa shape index (κ2) is 8.92. The van der Waals surface area contributed by atoms with Gasteiger partial charge in [0, 0.05) is 47.6 Å². The number of nitrogens with one attached hydrogen (secondary N) is 2. The molecule has 2 fully saturated rings. The SMILES string of the molecule is N=Cc1ccc(-c2nc(C3CCN(C(=O)c4ccccc4)CC3)no2)cc1NC1COC1. The van der Waals surface area contributed by atoms with Gasteiger partial charge in [0.25, 0.3) is 11.8 Å². The van der Waals surface area contributed by atoms with Gasteiger partial charge in [-0.2, -0.15) is 4.98 Å². The van der Waals surface area contributed by atoms with Gasteiger partial charge in [0.1, 0.15) is 0 Å². The van der Waals surface area contributed by atoms with E-state index in [1.165, 1.54) is 6.21 Å². The van der Waals surface area contributed by atoms with Crippen LogP contribution in [0, 0.1) is 5.41 Å². The third-order valence-corrected chi connectivity index (χ3v) is 6.06. The highest BCUT2D eigenvalue weighted by molar-refractivity contribution is 5.94. The first kappa shape index (κ1) is 20.4. The number of aromatic nitrogens is 2. The molecule has 2 aliphatic rings. The molecule has 3 heterocycles. The van der Waals surface area contributed by atoms with Crippen LogP contribution in [0.5, 0.6) is 0 Å². The maximum atomic E-state index is 12.7. The average molecular weight is 431 g/mol. The Balaban J connectivity index is 1.26. The second-order valence-corrected chi connectivity index (χ2v) is 8.22. The predicted molar refractivity (Wildman–Crippen MR) is 120 cm³/mol. The molecule has 0 unspecified atom stereocenters. The van der Waals surface area contributed by atoms with Crippen LogP contribution in [0.3, 0.4) is 0 Å². The Morgan fingerprint density at radius 2 is 1.91 bits per heavy atom. The summed E-state index contributed by atoms with van der Waals surface area (Å²) in [6, 6.07) is 15.4. The summed E-state index contributed by atoms with van der Waals surface area (Å²) in [5.41, 5.74) is 3.20. The summed E-state index contributed by atoms with van der Waals surface area (Å²) in [6.45, 7) is 2.68. The van der Waals surface area contributed by atoms with E-state index in [1.807, 2.05) is 53.4 Å². The number of ether oxygens (including phenoxy) is 1. The van der Waals surface area contributed by atoms with E-state index in [0.717, 1.165) is 35.2 Å². The molecule has 0 bridgehead atoms. The summed E-state index contributed by atoms with van der Waals surface area (Å²) in [4.78, 5) is 19.2. The lowest BCUT2D eigenvalue weighted by molar-refractivity contribution is 0.0211. The predicted octanol–water partition coefficient (Wildman–Crippen LogP) is 3.56. The number of hydrogen-bond donors (Lipinski definition) is 2. The topological polar surface area (TPSA) is 104 Å². The van der Waals surface area contributed by atoms with Crippen molar-refractivity contribution in [3.63, 3.8) is 0 Å². The Morgan fingerprint density at radius 3 is 2.59 bits per heavy atom. The molecular formula is C24H25N5O3. The number of rotatable bonds is 6. The summed E-state index contributed by atoms with van der Waals surface area (Å²) >= 11 is 0. The highest BCUT2D eigenvalue weighted by atomic mass is 16.5. The zero-order valence-electron chi connectivity index (χ0n) is 17.7. The smallest absolute Gasteiger partial charge is 0.258 e. The highest BCUT2D eigenvalue weighted by Gasteiger charge is 2.28. The van der Waals surface area contributed by atoms with Crippen LogP contribution in [-0.4, -0.2) is 59.5 Å². The number of hydrogen-bond acceptors (Lipinski definition) is 7. The van der Waals surface area contributed by atoms with Gasteiger partial charge in [-0.15, -0.1) is 0 Å². The standard InChI is InChI=1S/C24H25N5O3/c25-13-19-7-6-18(12-21(19)26-20-14-31-15-20)23-27-22(28-32-23)16-8-10-29(11-9-16)24(30)17-4-2-1-3-5-17/h1-7,12-13,16,20,25-26H,8-11,14-15H2. The van der Waals surface area contributed by atoms with Crippen LogP contribution in [-0.2, 0) is 4.74 Å². The molecule has 8 heteroatoms. The fourth-order valence-electron chi connectivity index (χ4n) is 4.10. The van der Waals surface area contributed by atoms with Crippen LogP contribution < -0.4 is 5.32 Å². The summed E-state index contributed by atoms with van der Waals surface area (Å²) < 4.78 is 10.8. The van der Waals surface area contributed by atoms with Crippen molar-refractivity contribution in [3.05, 3.63) is 65.5 Å². The van der Waals surface area contributed by atoms with Crippen molar-refractivity contribution >= 4 is 17.8 Å². The number of carbonyl (C=O) groups is 1. The van der Waals surface area contributed by atoms with Crippen LogP contribution in [0.4, 0.5) is 5.69 Å². The number of likely N-dealkylation sites (tertiary alicyclic amines) is 1. The minimum Gasteiger partial charge on any atom is -0.377 e. The lowest BCUT2D eigenvalue weighted by atomic mass is 9.95. The molecule has 32 heavy (non-hydrogen) atoms. The minimum absolute atomic E-state index is 0.0704. The summed E-state index contributed by atoms with van der Waals surface area (Å²) in [6.07, 6.45) is 2.94. The van der Waals surface area contributed by atoms with Gasteiger partial charge >= 0.3 is 0 Å². The molecule has 0 saturated carbocycles. The second-order valence-electron chi connectivity index (χ2n) is 8.22. The Labute approximate surface area is 186 Å². The van der Waals surface area contributed by atoms with E-state index in [4.69, 9.17) is 14.7 Å². The van der Waals surface area contributed by atoms with Crippen molar-refractivity contribution in [2.24, 2.45) is 0 Å². The zero-order chi connectivity index (χ0) is 21.9. The number of benzene rings is 2. The van der Waals surface area contributed by atoms with Gasteiger partial charge in [0.2, 0.25) is 0 Å². The first-order chi connectivity index (χ1) is 15.7. The molecule has 0 radical (unpaired) electrons. The van der Waals surface area contributed by atoms with Crippen molar-refractivity contribution in [1.82, 2.24) is 15.0 Å². The van der Waals surface area contributed by atoms with E-state index in [0.29, 0.717) is 38.0 Å². The van der Waals surface area contributed by atoms with Crippen molar-refractivity contribution in [3.8, 4) is 11.5 Å². The quantitative estimate of drug-likeness (QED) is 0.578. The third-order valence-electron chi connectivity index (χ3n) is 6.06. The fourth-order valence-corrected chi connectivity index (χ4v) is 4.10. The van der Waals surface area contributed by atoms with Crippen LogP contribution >= 0.6 is 0 Å². The molecule has 8 nitrogen and oxygen atoms in total. The highest BCUT2D eigenvalue weighted by Crippen LogP contribution is 2.30. The molecule has 1 aromatic heterocycles. The molecule has 0 spiro atoms. The summed E-state index contributed by atoms with van der Waals surface area (Å²) in [7, 11) is 0. The van der Waals surface area contributed by atoms with E-state index in [1.54, 1.807) is 0 Å². The maximum absolute atomic E-state index is 12.7. The lowest BCUT2D eigenvalue weighted by Gasteiger charge is -2.30. The number of piperidine rings is 1. The maximum Gasteiger partial charge on any atom is 0.258 e. The molecule has 2 saturated heterocycles. The molecule has 1 amide bonds. The van der Waals surface area contributed by atoms with Crippen LogP contribution in [0.2, 0.25) is 0 Å². The molecule has 2 aliphatic heterocycles. The van der Waals surface area contributed by atoms with Gasteiger partial charge in [-0.3, -0.25) is 4.79 Å². The van der Waals surface area contributed by atoms with E-state index in [9.17, 15) is 4.79 Å². The number of carbonyl (C=O) groups excluding carboxylic acids is 1. The first-order valence-electron chi connectivity index (χ1n) is 10.9. The van der Waals surface area contributed by atoms with Gasteiger partial charge in [0.15, 0.2) is 5.82 Å². The van der Waals surface area contributed by atoms with Gasteiger partial charge in [-0.05, 0) is 37.1 Å². The molecule has 164 valence electrons. The Morgan fingerprint density at radius 1 is 1.12 bits per heavy atom. The van der Waals surface area contributed by atoms with Crippen molar-refractivity contribution in [2.45, 2.75) is 24.8 Å². The first-order valence-corrected chi connectivity index (χ1v) is 10.9. The minimum atomic E-state index is 0.0704. The van der Waals surface area contributed by atoms with E-state index >= 15 is 0 Å². The fraction of sp³-hybridized carbons (Fsp3) is 0.333. The van der Waals surface area contributed by atoms with Gasteiger partial charge in [-0.25, -0.2) is 0 Å². The lowest BCUT2D eigenvalue weighted by Crippen LogP contribution is -2.40. The summed E-state index contributed by atoms with van der Waals surface area (Å²) in [5.74, 6) is 1.39. The Hall–Kier alpha value is -3.52. The third kappa shape index (κ3) is 4.13. The van der Waals surface area contributed by atoms with Gasteiger partial charge in [-0.1, -0.05) is 29.4 Å². The molecule has 2 aromatic carbocycles. The molecule has 3 aromatic rings. The summed E-state index contributed by atoms with van der Waals surface area (Å²) in [5, 5.41) is 15.3. The van der Waals surface area contributed by atoms with E-state index in [-0.39, 0.29) is 17.9 Å². The molecule has 2 N–H and O–H groups in total. The van der Waals surface area contributed by atoms with Gasteiger partial charge < -0.3 is 24.9 Å². The van der Waals surface area contributed by atoms with E-state index in [2.05, 4.69) is 15.5 Å². The Bertz CT molecular complexity index is 1100. The van der Waals surface area contributed by atoms with Crippen molar-refractivity contribution < 1.29 is 14.1 Å². The normalized spacial score (nSPS) is 17.1. The Kier molecular flexibility index (Phi) is 5.68. The number of nitrogens with zero attached hydrogens (tertiary/aromatic N) is 3. The zero-order valence-corrected chi connectivity index (χ0v) is 17.7. The molecule has 0 aliphatic carbocycles. The number of anilines is 1. The molecule has 5 rings (SSSR count). The molecular weight excluding hydrogens is 406 g/mol. The largest absolute Gasteiger partial charge is 0.377 e. The van der Waals surface area contributed by atoms with Gasteiger partial charge in [0.05, 0.1) is 19.3 Å². The molecule has 0 atom stereocenters. The van der Waals surface area contributed by atoms with Crippen LogP contribution in [0.15, 0.2) is 53.1 Å². The monoisotopic (exact) mass is 431 g/mol. The van der Waals surface area contributed by atoms with E-state index < -0.39 is 0 Å². The van der Waals surface area contributed by atoms with Crippen molar-refractivity contribution in [1.29, 1.82) is 5.41 Å². The average Bonchev–Trinajstić information content (AvgIpc) is 3.32. The van der Waals surface area contributed by atoms with Crippen LogP contribution in [0.25, 0.3) is 11.5 Å². The van der Waals surface area contributed by atoms with Crippen LogP contribution in [0.1, 0.15) is 40.5 Å². The number of amides is 1.